The largest absolute Gasteiger partial charge is 0.458 e. The minimum absolute atomic E-state index is 0.124. The van der Waals surface area contributed by atoms with E-state index in [9.17, 15) is 9.59 Å². The Labute approximate surface area is 227 Å². The molecule has 0 saturated heterocycles. The summed E-state index contributed by atoms with van der Waals surface area (Å²) < 4.78 is 6.36. The Balaban J connectivity index is 1.74. The van der Waals surface area contributed by atoms with Gasteiger partial charge in [0, 0.05) is 18.8 Å². The van der Waals surface area contributed by atoms with Gasteiger partial charge >= 0.3 is 5.97 Å². The van der Waals surface area contributed by atoms with Gasteiger partial charge in [-0.15, -0.1) is 0 Å². The number of carbonyl (C=O) groups excluding carboxylic acids is 2. The van der Waals surface area contributed by atoms with Crippen LogP contribution < -0.4 is 15.9 Å². The van der Waals surface area contributed by atoms with E-state index in [1.54, 1.807) is 0 Å². The van der Waals surface area contributed by atoms with Gasteiger partial charge in [-0.1, -0.05) is 130 Å². The van der Waals surface area contributed by atoms with E-state index in [1.165, 1.54) is 10.6 Å². The second-order valence-electron chi connectivity index (χ2n) is 10.5. The van der Waals surface area contributed by atoms with Crippen LogP contribution in [0.2, 0.25) is 0 Å². The van der Waals surface area contributed by atoms with Crippen molar-refractivity contribution in [2.75, 3.05) is 0 Å². The molecule has 4 aromatic rings. The summed E-state index contributed by atoms with van der Waals surface area (Å²) in [6.07, 6.45) is 1.38. The van der Waals surface area contributed by atoms with Crippen LogP contribution in [-0.2, 0) is 16.0 Å². The summed E-state index contributed by atoms with van der Waals surface area (Å²) >= 11 is 0. The molecule has 4 heteroatoms. The third-order valence-electron chi connectivity index (χ3n) is 6.84. The molecule has 0 N–H and O–H groups in total. The lowest BCUT2D eigenvalue weighted by molar-refractivity contribution is -0.111. The first-order valence-corrected chi connectivity index (χ1v) is 14.4. The molecule has 3 nitrogen and oxygen atoms in total. The van der Waals surface area contributed by atoms with Crippen molar-refractivity contribution in [3.8, 4) is 0 Å². The van der Waals surface area contributed by atoms with Gasteiger partial charge in [-0.05, 0) is 40.9 Å². The Morgan fingerprint density at radius 2 is 1.26 bits per heavy atom. The minimum atomic E-state index is -0.974. The van der Waals surface area contributed by atoms with Crippen LogP contribution in [0.3, 0.4) is 0 Å². The van der Waals surface area contributed by atoms with Gasteiger partial charge in [0.1, 0.15) is 12.4 Å². The van der Waals surface area contributed by atoms with Crippen molar-refractivity contribution >= 4 is 36.1 Å². The molecule has 4 rings (SSSR count). The minimum Gasteiger partial charge on any atom is -0.458 e. The fourth-order valence-electron chi connectivity index (χ4n) is 4.90. The fourth-order valence-corrected chi connectivity index (χ4v) is 7.34. The number of hydrogen-bond acceptors (Lipinski definition) is 3. The van der Waals surface area contributed by atoms with Crippen LogP contribution >= 0.6 is 7.92 Å². The zero-order chi connectivity index (χ0) is 27.0. The molecule has 0 amide bonds. The van der Waals surface area contributed by atoms with Crippen LogP contribution in [0.25, 0.3) is 0 Å². The van der Waals surface area contributed by atoms with Crippen LogP contribution in [0.4, 0.5) is 0 Å². The first kappa shape index (κ1) is 27.5. The van der Waals surface area contributed by atoms with Crippen molar-refractivity contribution < 1.29 is 14.3 Å². The van der Waals surface area contributed by atoms with Gasteiger partial charge in [0.15, 0.2) is 0 Å². The van der Waals surface area contributed by atoms with E-state index in [0.717, 1.165) is 17.2 Å². The molecule has 0 spiro atoms. The number of rotatable bonds is 10. The summed E-state index contributed by atoms with van der Waals surface area (Å²) in [5.74, 6) is -0.470. The Hall–Kier alpha value is -3.55. The molecule has 4 aromatic carbocycles. The number of aldehydes is 1. The first-order valence-electron chi connectivity index (χ1n) is 13.1. The highest BCUT2D eigenvalue weighted by atomic mass is 31.1. The molecule has 2 atom stereocenters. The lowest BCUT2D eigenvalue weighted by Crippen LogP contribution is -2.38. The first-order chi connectivity index (χ1) is 18.4. The lowest BCUT2D eigenvalue weighted by atomic mass is 9.74. The van der Waals surface area contributed by atoms with Gasteiger partial charge in [0.05, 0.1) is 5.56 Å². The predicted molar refractivity (Wildman–Crippen MR) is 158 cm³/mol. The van der Waals surface area contributed by atoms with Gasteiger partial charge in [0.2, 0.25) is 0 Å². The zero-order valence-corrected chi connectivity index (χ0v) is 23.2. The van der Waals surface area contributed by atoms with Crippen molar-refractivity contribution in [3.63, 3.8) is 0 Å². The van der Waals surface area contributed by atoms with Crippen molar-refractivity contribution in [2.45, 2.75) is 39.7 Å². The molecule has 0 aliphatic carbocycles. The summed E-state index contributed by atoms with van der Waals surface area (Å²) in [7, 11) is -0.974. The molecular weight excluding hydrogens is 487 g/mol. The number of hydrogen-bond donors (Lipinski definition) is 0. The smallest absolute Gasteiger partial charge is 0.339 e. The van der Waals surface area contributed by atoms with Crippen LogP contribution in [0, 0.1) is 11.3 Å². The van der Waals surface area contributed by atoms with Gasteiger partial charge in [-0.25, -0.2) is 4.79 Å². The van der Waals surface area contributed by atoms with E-state index < -0.39 is 14.0 Å². The molecule has 0 aromatic heterocycles. The molecule has 38 heavy (non-hydrogen) atoms. The van der Waals surface area contributed by atoms with E-state index in [4.69, 9.17) is 4.74 Å². The highest BCUT2D eigenvalue weighted by Gasteiger charge is 2.35. The monoisotopic (exact) mass is 522 g/mol. The summed E-state index contributed by atoms with van der Waals surface area (Å²) in [5.41, 5.74) is 1.43. The van der Waals surface area contributed by atoms with E-state index in [0.29, 0.717) is 18.4 Å². The molecular formula is C34H35O3P. The molecule has 0 radical (unpaired) electrons. The van der Waals surface area contributed by atoms with E-state index in [-0.39, 0.29) is 17.3 Å². The Morgan fingerprint density at radius 3 is 1.79 bits per heavy atom. The Kier molecular flexibility index (Phi) is 9.26. The molecule has 0 bridgehead atoms. The molecule has 0 aliphatic heterocycles. The maximum Gasteiger partial charge on any atom is 0.339 e. The van der Waals surface area contributed by atoms with Gasteiger partial charge < -0.3 is 9.53 Å². The summed E-state index contributed by atoms with van der Waals surface area (Å²) in [6.45, 7) is 6.31. The highest BCUT2D eigenvalue weighted by molar-refractivity contribution is 7.80. The molecule has 0 heterocycles. The summed E-state index contributed by atoms with van der Waals surface area (Å²) in [5, 5.41) is 3.30. The van der Waals surface area contributed by atoms with Crippen LogP contribution in [0.15, 0.2) is 115 Å². The van der Waals surface area contributed by atoms with E-state index >= 15 is 0 Å². The topological polar surface area (TPSA) is 43.4 Å². The van der Waals surface area contributed by atoms with Gasteiger partial charge in [0.25, 0.3) is 0 Å². The fraction of sp³-hybridized carbons (Fsp3) is 0.235. The van der Waals surface area contributed by atoms with Crippen LogP contribution in [0.5, 0.6) is 0 Å². The summed E-state index contributed by atoms with van der Waals surface area (Å²) in [6, 6.07) is 38.5. The van der Waals surface area contributed by atoms with Crippen LogP contribution in [0.1, 0.15) is 43.1 Å². The molecule has 0 unspecified atom stereocenters. The molecule has 0 aliphatic rings. The zero-order valence-electron chi connectivity index (χ0n) is 22.3. The third kappa shape index (κ3) is 6.85. The molecule has 194 valence electrons. The molecule has 0 saturated carbocycles. The number of benzene rings is 4. The second-order valence-corrected chi connectivity index (χ2v) is 12.7. The predicted octanol–water partition coefficient (Wildman–Crippen LogP) is 6.46. The maximum atomic E-state index is 14.0. The second kappa shape index (κ2) is 12.8. The highest BCUT2D eigenvalue weighted by Crippen LogP contribution is 2.36. The van der Waals surface area contributed by atoms with Crippen LogP contribution in [-0.4, -0.2) is 18.4 Å². The van der Waals surface area contributed by atoms with Crippen molar-refractivity contribution in [2.24, 2.45) is 11.3 Å². The van der Waals surface area contributed by atoms with Crippen molar-refractivity contribution in [3.05, 3.63) is 126 Å². The van der Waals surface area contributed by atoms with E-state index in [2.05, 4.69) is 45.0 Å². The number of esters is 1. The summed E-state index contributed by atoms with van der Waals surface area (Å²) in [4.78, 5) is 25.7. The normalized spacial score (nSPS) is 13.1. The number of carbonyl (C=O) groups is 2. The van der Waals surface area contributed by atoms with Crippen molar-refractivity contribution in [1.29, 1.82) is 0 Å². The SMILES string of the molecule is CC(C)(C)[C@H](CC=O)[C@@H](Cc1ccccc1)OC(=O)c1ccccc1P(c1ccccc1)c1ccccc1. The quantitative estimate of drug-likeness (QED) is 0.136. The Bertz CT molecular complexity index is 1270. The third-order valence-corrected chi connectivity index (χ3v) is 9.34. The molecule has 0 fully saturated rings. The average molecular weight is 523 g/mol. The van der Waals surface area contributed by atoms with E-state index in [1.807, 2.05) is 91.0 Å². The maximum absolute atomic E-state index is 14.0. The van der Waals surface area contributed by atoms with Gasteiger partial charge in [-0.3, -0.25) is 0 Å². The lowest BCUT2D eigenvalue weighted by Gasteiger charge is -2.36. The van der Waals surface area contributed by atoms with Gasteiger partial charge in [-0.2, -0.15) is 0 Å². The Morgan fingerprint density at radius 1 is 0.763 bits per heavy atom. The standard InChI is InChI=1S/C34H35O3P/c1-34(2,3)30(23-24-35)31(25-26-15-7-4-8-16-26)37-33(36)29-21-13-14-22-32(29)38(27-17-9-5-10-18-27)28-19-11-6-12-20-28/h4-22,24,30-31H,23,25H2,1-3H3/t30-,31-/m1/s1. The average Bonchev–Trinajstić information content (AvgIpc) is 2.93. The number of ether oxygens (including phenoxy) is 1. The van der Waals surface area contributed by atoms with Crippen molar-refractivity contribution in [1.82, 2.24) is 0 Å².